The van der Waals surface area contributed by atoms with Crippen LogP contribution in [0.25, 0.3) is 0 Å². The van der Waals surface area contributed by atoms with Gasteiger partial charge in [-0.25, -0.2) is 12.7 Å². The number of rotatable bonds is 6. The van der Waals surface area contributed by atoms with E-state index in [1.165, 1.54) is 12.8 Å². The first-order valence-corrected chi connectivity index (χ1v) is 9.90. The van der Waals surface area contributed by atoms with Crippen molar-refractivity contribution >= 4 is 10.0 Å². The molecule has 1 aromatic rings. The van der Waals surface area contributed by atoms with Crippen molar-refractivity contribution in [2.75, 3.05) is 19.6 Å². The molecule has 122 valence electrons. The van der Waals surface area contributed by atoms with Gasteiger partial charge in [0, 0.05) is 19.1 Å². The van der Waals surface area contributed by atoms with Gasteiger partial charge in [0.05, 0.1) is 5.75 Å². The van der Waals surface area contributed by atoms with Crippen LogP contribution in [-0.4, -0.2) is 38.4 Å². The second kappa shape index (κ2) is 6.69. The lowest BCUT2D eigenvalue weighted by molar-refractivity contribution is 0.287. The van der Waals surface area contributed by atoms with Gasteiger partial charge in [-0.15, -0.1) is 0 Å². The molecule has 0 aromatic heterocycles. The van der Waals surface area contributed by atoms with E-state index in [9.17, 15) is 8.42 Å². The molecule has 1 saturated heterocycles. The van der Waals surface area contributed by atoms with Crippen molar-refractivity contribution in [3.63, 3.8) is 0 Å². The Balaban J connectivity index is 1.52. The number of sulfonamides is 1. The molecule has 1 heterocycles. The first-order chi connectivity index (χ1) is 10.5. The van der Waals surface area contributed by atoms with Crippen LogP contribution in [0.15, 0.2) is 24.3 Å². The smallest absolute Gasteiger partial charge is 0.218 e. The van der Waals surface area contributed by atoms with Crippen molar-refractivity contribution < 1.29 is 8.42 Å². The minimum atomic E-state index is -3.19. The van der Waals surface area contributed by atoms with E-state index in [0.29, 0.717) is 19.1 Å². The molecule has 2 fully saturated rings. The van der Waals surface area contributed by atoms with Gasteiger partial charge in [-0.3, -0.25) is 0 Å². The zero-order valence-corrected chi connectivity index (χ0v) is 14.1. The van der Waals surface area contributed by atoms with Crippen LogP contribution in [0, 0.1) is 12.8 Å². The Morgan fingerprint density at radius 1 is 1.18 bits per heavy atom. The summed E-state index contributed by atoms with van der Waals surface area (Å²) in [5.41, 5.74) is 1.99. The number of nitrogens with one attached hydrogen (secondary N) is 1. The molecule has 3 rings (SSSR count). The first kappa shape index (κ1) is 16.0. The molecule has 1 aliphatic carbocycles. The van der Waals surface area contributed by atoms with Crippen LogP contribution >= 0.6 is 0 Å². The molecule has 0 atom stereocenters. The number of nitrogens with zero attached hydrogens (tertiary/aromatic N) is 1. The summed E-state index contributed by atoms with van der Waals surface area (Å²) >= 11 is 0. The highest BCUT2D eigenvalue weighted by Crippen LogP contribution is 2.28. The molecule has 2 aliphatic rings. The maximum atomic E-state index is 12.6. The van der Waals surface area contributed by atoms with E-state index in [-0.39, 0.29) is 5.75 Å². The summed E-state index contributed by atoms with van der Waals surface area (Å²) in [4.78, 5) is 0. The van der Waals surface area contributed by atoms with Gasteiger partial charge in [0.2, 0.25) is 10.0 Å². The second-order valence-corrected chi connectivity index (χ2v) is 8.74. The van der Waals surface area contributed by atoms with Crippen LogP contribution in [-0.2, 0) is 15.8 Å². The van der Waals surface area contributed by atoms with Crippen LogP contribution in [0.5, 0.6) is 0 Å². The van der Waals surface area contributed by atoms with Gasteiger partial charge in [-0.1, -0.05) is 29.8 Å². The molecule has 0 unspecified atom stereocenters. The molecule has 1 aromatic carbocycles. The fourth-order valence-corrected chi connectivity index (χ4v) is 4.65. The SMILES string of the molecule is Cc1cccc(CS(=O)(=O)N2CCC(NCC3CC3)CC2)c1. The number of hydrogen-bond acceptors (Lipinski definition) is 3. The van der Waals surface area contributed by atoms with Crippen LogP contribution < -0.4 is 5.32 Å². The Bertz CT molecular complexity index is 603. The number of hydrogen-bond donors (Lipinski definition) is 1. The molecular weight excluding hydrogens is 296 g/mol. The molecule has 0 amide bonds. The lowest BCUT2D eigenvalue weighted by atomic mass is 10.1. The van der Waals surface area contributed by atoms with Crippen molar-refractivity contribution in [3.05, 3.63) is 35.4 Å². The molecule has 1 saturated carbocycles. The summed E-state index contributed by atoms with van der Waals surface area (Å²) in [6.07, 6.45) is 4.58. The van der Waals surface area contributed by atoms with E-state index in [0.717, 1.165) is 36.4 Å². The summed E-state index contributed by atoms with van der Waals surface area (Å²) in [5.74, 6) is 0.998. The Morgan fingerprint density at radius 3 is 2.55 bits per heavy atom. The van der Waals surface area contributed by atoms with Gasteiger partial charge >= 0.3 is 0 Å². The van der Waals surface area contributed by atoms with E-state index in [2.05, 4.69) is 5.32 Å². The van der Waals surface area contributed by atoms with E-state index >= 15 is 0 Å². The number of aryl methyl sites for hydroxylation is 1. The average molecular weight is 322 g/mol. The summed E-state index contributed by atoms with van der Waals surface area (Å²) in [6, 6.07) is 8.27. The van der Waals surface area contributed by atoms with Crippen LogP contribution in [0.1, 0.15) is 36.8 Å². The van der Waals surface area contributed by atoms with Crippen molar-refractivity contribution in [2.45, 2.75) is 44.4 Å². The first-order valence-electron chi connectivity index (χ1n) is 8.30. The fourth-order valence-electron chi connectivity index (χ4n) is 3.10. The van der Waals surface area contributed by atoms with Crippen LogP contribution in [0.2, 0.25) is 0 Å². The topological polar surface area (TPSA) is 49.4 Å². The maximum absolute atomic E-state index is 12.6. The lowest BCUT2D eigenvalue weighted by Gasteiger charge is -2.31. The lowest BCUT2D eigenvalue weighted by Crippen LogP contribution is -2.45. The minimum Gasteiger partial charge on any atom is -0.314 e. The maximum Gasteiger partial charge on any atom is 0.218 e. The Morgan fingerprint density at radius 2 is 1.91 bits per heavy atom. The standard InChI is InChI=1S/C17H26N2O2S/c1-14-3-2-4-16(11-14)13-22(20,21)19-9-7-17(8-10-19)18-12-15-5-6-15/h2-4,11,15,17-18H,5-10,12-13H2,1H3. The van der Waals surface area contributed by atoms with Gasteiger partial charge < -0.3 is 5.32 Å². The predicted molar refractivity (Wildman–Crippen MR) is 89.1 cm³/mol. The Kier molecular flexibility index (Phi) is 4.85. The van der Waals surface area contributed by atoms with Crippen LogP contribution in [0.4, 0.5) is 0 Å². The number of piperidine rings is 1. The summed E-state index contributed by atoms with van der Waals surface area (Å²) in [7, 11) is -3.19. The third kappa shape index (κ3) is 4.31. The van der Waals surface area contributed by atoms with Crippen molar-refractivity contribution in [2.24, 2.45) is 5.92 Å². The summed E-state index contributed by atoms with van der Waals surface area (Å²) < 4.78 is 26.8. The number of benzene rings is 1. The monoisotopic (exact) mass is 322 g/mol. The highest BCUT2D eigenvalue weighted by Gasteiger charge is 2.29. The molecule has 0 bridgehead atoms. The van der Waals surface area contributed by atoms with E-state index in [4.69, 9.17) is 0 Å². The average Bonchev–Trinajstić information content (AvgIpc) is 3.29. The van der Waals surface area contributed by atoms with Crippen molar-refractivity contribution in [1.82, 2.24) is 9.62 Å². The molecular formula is C17H26N2O2S. The third-order valence-corrected chi connectivity index (χ3v) is 6.52. The van der Waals surface area contributed by atoms with Gasteiger partial charge in [0.25, 0.3) is 0 Å². The zero-order valence-electron chi connectivity index (χ0n) is 13.3. The van der Waals surface area contributed by atoms with Gasteiger partial charge in [0.15, 0.2) is 0 Å². The summed E-state index contributed by atoms with van der Waals surface area (Å²) in [6.45, 7) is 4.40. The molecule has 5 heteroatoms. The normalized spacial score (nSPS) is 21.1. The largest absolute Gasteiger partial charge is 0.314 e. The minimum absolute atomic E-state index is 0.120. The van der Waals surface area contributed by atoms with E-state index in [1.54, 1.807) is 4.31 Å². The van der Waals surface area contributed by atoms with Gasteiger partial charge in [0.1, 0.15) is 0 Å². The molecule has 1 aliphatic heterocycles. The second-order valence-electron chi connectivity index (χ2n) is 6.77. The quantitative estimate of drug-likeness (QED) is 0.874. The Hall–Kier alpha value is -0.910. The molecule has 4 nitrogen and oxygen atoms in total. The van der Waals surface area contributed by atoms with Crippen LogP contribution in [0.3, 0.4) is 0 Å². The highest BCUT2D eigenvalue weighted by atomic mass is 32.2. The fraction of sp³-hybridized carbons (Fsp3) is 0.647. The summed E-state index contributed by atoms with van der Waals surface area (Å²) in [5, 5.41) is 3.59. The van der Waals surface area contributed by atoms with Crippen molar-refractivity contribution in [1.29, 1.82) is 0 Å². The predicted octanol–water partition coefficient (Wildman–Crippen LogP) is 2.29. The van der Waals surface area contributed by atoms with Crippen molar-refractivity contribution in [3.8, 4) is 0 Å². The van der Waals surface area contributed by atoms with Gasteiger partial charge in [-0.2, -0.15) is 0 Å². The molecule has 1 N–H and O–H groups in total. The van der Waals surface area contributed by atoms with E-state index in [1.807, 2.05) is 31.2 Å². The molecule has 0 spiro atoms. The zero-order chi connectivity index (χ0) is 15.6. The molecule has 0 radical (unpaired) electrons. The van der Waals surface area contributed by atoms with E-state index < -0.39 is 10.0 Å². The van der Waals surface area contributed by atoms with Gasteiger partial charge in [-0.05, 0) is 50.6 Å². The Labute approximate surface area is 134 Å². The third-order valence-electron chi connectivity index (χ3n) is 4.67. The highest BCUT2D eigenvalue weighted by molar-refractivity contribution is 7.88. The molecule has 22 heavy (non-hydrogen) atoms.